The fourth-order valence-corrected chi connectivity index (χ4v) is 2.75. The lowest BCUT2D eigenvalue weighted by molar-refractivity contribution is 0.151. The fraction of sp³-hybridized carbons (Fsp3) is 0.308. The highest BCUT2D eigenvalue weighted by molar-refractivity contribution is 7.15. The van der Waals surface area contributed by atoms with Crippen LogP contribution in [0.2, 0.25) is 0 Å². The Morgan fingerprint density at radius 1 is 1.22 bits per heavy atom. The summed E-state index contributed by atoms with van der Waals surface area (Å²) in [6.07, 6.45) is -2.43. The van der Waals surface area contributed by atoms with E-state index in [1.807, 2.05) is 13.8 Å². The third-order valence-electron chi connectivity index (χ3n) is 2.66. The van der Waals surface area contributed by atoms with Crippen molar-refractivity contribution < 1.29 is 8.78 Å². The summed E-state index contributed by atoms with van der Waals surface area (Å²) in [5.74, 6) is 0. The first-order chi connectivity index (χ1) is 8.49. The van der Waals surface area contributed by atoms with E-state index in [0.29, 0.717) is 0 Å². The predicted molar refractivity (Wildman–Crippen MR) is 69.8 cm³/mol. The molecule has 0 aliphatic rings. The number of aryl methyl sites for hydroxylation is 1. The van der Waals surface area contributed by atoms with Gasteiger partial charge in [-0.1, -0.05) is 24.3 Å². The summed E-state index contributed by atoms with van der Waals surface area (Å²) < 4.78 is 24.9. The number of alkyl halides is 2. The van der Waals surface area contributed by atoms with Crippen LogP contribution >= 0.6 is 11.3 Å². The molecule has 0 fully saturated rings. The van der Waals surface area contributed by atoms with Crippen LogP contribution in [-0.2, 0) is 0 Å². The van der Waals surface area contributed by atoms with Crippen LogP contribution in [-0.4, -0.2) is 4.98 Å². The van der Waals surface area contributed by atoms with Crippen molar-refractivity contribution >= 4 is 11.3 Å². The summed E-state index contributed by atoms with van der Waals surface area (Å²) >= 11 is 1.51. The van der Waals surface area contributed by atoms with Gasteiger partial charge in [-0.15, -0.1) is 11.3 Å². The molecule has 2 N–H and O–H groups in total. The number of nitrogens with zero attached hydrogens (tertiary/aromatic N) is 1. The van der Waals surface area contributed by atoms with E-state index in [0.717, 1.165) is 21.1 Å². The highest BCUT2D eigenvalue weighted by Gasteiger charge is 2.13. The van der Waals surface area contributed by atoms with Gasteiger partial charge in [-0.3, -0.25) is 0 Å². The van der Waals surface area contributed by atoms with Crippen molar-refractivity contribution in [2.45, 2.75) is 26.3 Å². The van der Waals surface area contributed by atoms with Gasteiger partial charge in [-0.05, 0) is 13.8 Å². The number of thiazole rings is 1. The SMILES string of the molecule is Cc1nc(-c2ccc(C(F)F)cc2)sc1C(C)N. The second-order valence-corrected chi connectivity index (χ2v) is 5.21. The summed E-state index contributed by atoms with van der Waals surface area (Å²) in [5.41, 5.74) is 7.62. The van der Waals surface area contributed by atoms with E-state index in [-0.39, 0.29) is 11.6 Å². The highest BCUT2D eigenvalue weighted by atomic mass is 32.1. The minimum atomic E-state index is -2.43. The monoisotopic (exact) mass is 268 g/mol. The number of aromatic nitrogens is 1. The average Bonchev–Trinajstić information content (AvgIpc) is 2.71. The molecule has 0 saturated heterocycles. The molecule has 2 rings (SSSR count). The van der Waals surface area contributed by atoms with Gasteiger partial charge in [-0.25, -0.2) is 13.8 Å². The van der Waals surface area contributed by atoms with E-state index < -0.39 is 6.43 Å². The molecule has 1 atom stereocenters. The largest absolute Gasteiger partial charge is 0.323 e. The third kappa shape index (κ3) is 2.57. The highest BCUT2D eigenvalue weighted by Crippen LogP contribution is 2.31. The number of hydrogen-bond donors (Lipinski definition) is 1. The van der Waals surface area contributed by atoms with Gasteiger partial charge in [0.15, 0.2) is 0 Å². The van der Waals surface area contributed by atoms with Crippen molar-refractivity contribution in [3.63, 3.8) is 0 Å². The van der Waals surface area contributed by atoms with Gasteiger partial charge >= 0.3 is 0 Å². The smallest absolute Gasteiger partial charge is 0.263 e. The molecule has 0 radical (unpaired) electrons. The summed E-state index contributed by atoms with van der Waals surface area (Å²) in [6.45, 7) is 3.82. The molecular weight excluding hydrogens is 254 g/mol. The second kappa shape index (κ2) is 5.12. The van der Waals surface area contributed by atoms with Crippen LogP contribution in [0.25, 0.3) is 10.6 Å². The molecule has 1 aromatic heterocycles. The first kappa shape index (κ1) is 13.1. The quantitative estimate of drug-likeness (QED) is 0.911. The van der Waals surface area contributed by atoms with Crippen LogP contribution in [0, 0.1) is 6.92 Å². The summed E-state index contributed by atoms with van der Waals surface area (Å²) in [6, 6.07) is 6.15. The Morgan fingerprint density at radius 2 is 1.83 bits per heavy atom. The molecule has 1 heterocycles. The van der Waals surface area contributed by atoms with Crippen molar-refractivity contribution in [3.8, 4) is 10.6 Å². The Labute approximate surface area is 108 Å². The normalized spacial score (nSPS) is 13.0. The zero-order valence-electron chi connectivity index (χ0n) is 10.2. The van der Waals surface area contributed by atoms with Crippen LogP contribution in [0.1, 0.15) is 35.5 Å². The maximum atomic E-state index is 12.4. The van der Waals surface area contributed by atoms with E-state index >= 15 is 0 Å². The number of rotatable bonds is 3. The van der Waals surface area contributed by atoms with Crippen molar-refractivity contribution in [2.75, 3.05) is 0 Å². The van der Waals surface area contributed by atoms with Crippen LogP contribution in [0.4, 0.5) is 8.78 Å². The first-order valence-electron chi connectivity index (χ1n) is 5.60. The van der Waals surface area contributed by atoms with E-state index in [9.17, 15) is 8.78 Å². The van der Waals surface area contributed by atoms with E-state index in [4.69, 9.17) is 5.73 Å². The maximum absolute atomic E-state index is 12.4. The molecule has 2 nitrogen and oxygen atoms in total. The summed E-state index contributed by atoms with van der Waals surface area (Å²) in [4.78, 5) is 5.46. The van der Waals surface area contributed by atoms with Gasteiger partial charge in [0.25, 0.3) is 6.43 Å². The Kier molecular flexibility index (Phi) is 3.73. The molecular formula is C13H14F2N2S. The van der Waals surface area contributed by atoms with Crippen molar-refractivity contribution in [1.29, 1.82) is 0 Å². The van der Waals surface area contributed by atoms with Crippen molar-refractivity contribution in [3.05, 3.63) is 40.4 Å². The predicted octanol–water partition coefficient (Wildman–Crippen LogP) is 4.08. The zero-order chi connectivity index (χ0) is 13.3. The Hall–Kier alpha value is -1.33. The molecule has 0 aliphatic carbocycles. The van der Waals surface area contributed by atoms with Gasteiger partial charge in [0.1, 0.15) is 5.01 Å². The van der Waals surface area contributed by atoms with Crippen LogP contribution in [0.3, 0.4) is 0 Å². The van der Waals surface area contributed by atoms with E-state index in [1.54, 1.807) is 12.1 Å². The molecule has 0 spiro atoms. The number of benzene rings is 1. The second-order valence-electron chi connectivity index (χ2n) is 4.18. The maximum Gasteiger partial charge on any atom is 0.263 e. The number of hydrogen-bond acceptors (Lipinski definition) is 3. The molecule has 0 aliphatic heterocycles. The zero-order valence-corrected chi connectivity index (χ0v) is 11.0. The standard InChI is InChI=1S/C13H14F2N2S/c1-7(16)11-8(2)17-13(18-11)10-5-3-9(4-6-10)12(14)15/h3-7,12H,16H2,1-2H3. The van der Waals surface area contributed by atoms with Crippen molar-refractivity contribution in [2.24, 2.45) is 5.73 Å². The molecule has 5 heteroatoms. The minimum Gasteiger partial charge on any atom is -0.323 e. The van der Waals surface area contributed by atoms with E-state index in [1.165, 1.54) is 23.5 Å². The molecule has 0 bridgehead atoms. The number of halogens is 2. The van der Waals surface area contributed by atoms with Gasteiger partial charge in [-0.2, -0.15) is 0 Å². The summed E-state index contributed by atoms with van der Waals surface area (Å²) in [7, 11) is 0. The molecule has 1 aromatic carbocycles. The first-order valence-corrected chi connectivity index (χ1v) is 6.42. The van der Waals surface area contributed by atoms with E-state index in [2.05, 4.69) is 4.98 Å². The molecule has 18 heavy (non-hydrogen) atoms. The Morgan fingerprint density at radius 3 is 2.28 bits per heavy atom. The van der Waals surface area contributed by atoms with Gasteiger partial charge in [0.05, 0.1) is 5.69 Å². The number of nitrogens with two attached hydrogens (primary N) is 1. The lowest BCUT2D eigenvalue weighted by Gasteiger charge is -2.01. The Balaban J connectivity index is 2.34. The lowest BCUT2D eigenvalue weighted by atomic mass is 10.1. The van der Waals surface area contributed by atoms with Crippen molar-refractivity contribution in [1.82, 2.24) is 4.98 Å². The topological polar surface area (TPSA) is 38.9 Å². The third-order valence-corrected chi connectivity index (χ3v) is 4.06. The van der Waals surface area contributed by atoms with Crippen LogP contribution in [0.15, 0.2) is 24.3 Å². The molecule has 2 aromatic rings. The molecule has 0 amide bonds. The van der Waals surface area contributed by atoms with Gasteiger partial charge < -0.3 is 5.73 Å². The van der Waals surface area contributed by atoms with Crippen LogP contribution in [0.5, 0.6) is 0 Å². The van der Waals surface area contributed by atoms with Gasteiger partial charge in [0, 0.05) is 22.0 Å². The molecule has 1 unspecified atom stereocenters. The lowest BCUT2D eigenvalue weighted by Crippen LogP contribution is -2.03. The van der Waals surface area contributed by atoms with Gasteiger partial charge in [0.2, 0.25) is 0 Å². The molecule has 0 saturated carbocycles. The average molecular weight is 268 g/mol. The Bertz CT molecular complexity index is 532. The molecule has 96 valence electrons. The fourth-order valence-electron chi connectivity index (χ4n) is 1.73. The minimum absolute atomic E-state index is 0.0273. The summed E-state index contributed by atoms with van der Waals surface area (Å²) in [5, 5.41) is 0.820. The van der Waals surface area contributed by atoms with Crippen LogP contribution < -0.4 is 5.73 Å².